The fourth-order valence-corrected chi connectivity index (χ4v) is 2.19. The van der Waals surface area contributed by atoms with Crippen LogP contribution in [0.1, 0.15) is 44.9 Å². The van der Waals surface area contributed by atoms with Gasteiger partial charge >= 0.3 is 0 Å². The summed E-state index contributed by atoms with van der Waals surface area (Å²) in [5, 5.41) is 3.45. The highest BCUT2D eigenvalue weighted by Gasteiger charge is 2.11. The van der Waals surface area contributed by atoms with Gasteiger partial charge in [0, 0.05) is 13.2 Å². The highest BCUT2D eigenvalue weighted by molar-refractivity contribution is 4.68. The zero-order valence-electron chi connectivity index (χ0n) is 10.5. The zero-order chi connectivity index (χ0) is 11.5. The lowest BCUT2D eigenvalue weighted by molar-refractivity contribution is 0.112. The molecule has 1 fully saturated rings. The van der Waals surface area contributed by atoms with Crippen LogP contribution in [0.5, 0.6) is 0 Å². The highest BCUT2D eigenvalue weighted by Crippen LogP contribution is 2.13. The van der Waals surface area contributed by atoms with Gasteiger partial charge in [0.15, 0.2) is 0 Å². The summed E-state index contributed by atoms with van der Waals surface area (Å²) in [6.07, 6.45) is 10.8. The Morgan fingerprint density at radius 1 is 1.25 bits per heavy atom. The lowest BCUT2D eigenvalue weighted by Gasteiger charge is -2.22. The van der Waals surface area contributed by atoms with Crippen molar-refractivity contribution >= 4 is 0 Å². The van der Waals surface area contributed by atoms with Gasteiger partial charge in [0.1, 0.15) is 0 Å². The Labute approximate surface area is 100 Å². The first-order valence-electron chi connectivity index (χ1n) is 6.83. The summed E-state index contributed by atoms with van der Waals surface area (Å²) in [5.41, 5.74) is 0. The van der Waals surface area contributed by atoms with E-state index in [0.717, 1.165) is 25.6 Å². The monoisotopic (exact) mass is 225 g/mol. The smallest absolute Gasteiger partial charge is 0.0469 e. The number of ether oxygens (including phenoxy) is 1. The van der Waals surface area contributed by atoms with Crippen molar-refractivity contribution in [2.24, 2.45) is 5.92 Å². The van der Waals surface area contributed by atoms with Crippen molar-refractivity contribution in [2.45, 2.75) is 44.9 Å². The van der Waals surface area contributed by atoms with Crippen molar-refractivity contribution in [3.8, 4) is 0 Å². The number of rotatable bonds is 9. The molecule has 1 aliphatic rings. The Hall–Kier alpha value is -0.340. The fourth-order valence-electron chi connectivity index (χ4n) is 2.19. The summed E-state index contributed by atoms with van der Waals surface area (Å²) in [7, 11) is 0. The Morgan fingerprint density at radius 2 is 2.19 bits per heavy atom. The molecule has 0 aliphatic carbocycles. The predicted molar refractivity (Wildman–Crippen MR) is 69.7 cm³/mol. The molecule has 1 heterocycles. The van der Waals surface area contributed by atoms with Crippen LogP contribution in [0.15, 0.2) is 12.7 Å². The molecule has 94 valence electrons. The molecule has 1 aliphatic heterocycles. The van der Waals surface area contributed by atoms with Crippen LogP contribution in [-0.4, -0.2) is 26.3 Å². The van der Waals surface area contributed by atoms with E-state index in [2.05, 4.69) is 11.9 Å². The van der Waals surface area contributed by atoms with Crippen molar-refractivity contribution in [2.75, 3.05) is 26.3 Å². The van der Waals surface area contributed by atoms with E-state index in [4.69, 9.17) is 4.74 Å². The van der Waals surface area contributed by atoms with Crippen molar-refractivity contribution in [1.82, 2.24) is 5.32 Å². The van der Waals surface area contributed by atoms with E-state index in [1.54, 1.807) is 0 Å². The first-order chi connectivity index (χ1) is 7.93. The minimum Gasteiger partial charge on any atom is -0.381 e. The highest BCUT2D eigenvalue weighted by atomic mass is 16.5. The molecule has 0 aromatic heterocycles. The first kappa shape index (κ1) is 13.7. The molecule has 0 spiro atoms. The van der Waals surface area contributed by atoms with Gasteiger partial charge in [-0.05, 0) is 57.5 Å². The number of nitrogens with one attached hydrogen (secondary N) is 1. The molecule has 1 unspecified atom stereocenters. The maximum absolute atomic E-state index is 5.66. The van der Waals surface area contributed by atoms with E-state index in [1.807, 2.05) is 6.08 Å². The molecular formula is C14H27NO. The van der Waals surface area contributed by atoms with Crippen molar-refractivity contribution in [1.29, 1.82) is 0 Å². The van der Waals surface area contributed by atoms with E-state index in [0.29, 0.717) is 0 Å². The van der Waals surface area contributed by atoms with Crippen LogP contribution in [0.4, 0.5) is 0 Å². The predicted octanol–water partition coefficient (Wildman–Crippen LogP) is 3.14. The number of hydrogen-bond donors (Lipinski definition) is 1. The minimum absolute atomic E-state index is 0.856. The summed E-state index contributed by atoms with van der Waals surface area (Å²) >= 11 is 0. The molecule has 16 heavy (non-hydrogen) atoms. The molecule has 1 rings (SSSR count). The Balaban J connectivity index is 1.78. The molecule has 0 aromatic carbocycles. The van der Waals surface area contributed by atoms with Crippen LogP contribution in [0.2, 0.25) is 0 Å². The molecule has 0 saturated carbocycles. The third-order valence-electron chi connectivity index (χ3n) is 3.27. The third kappa shape index (κ3) is 7.02. The fraction of sp³-hybridized carbons (Fsp3) is 0.857. The van der Waals surface area contributed by atoms with Gasteiger partial charge in [0.2, 0.25) is 0 Å². The molecule has 0 aromatic rings. The number of hydrogen-bond acceptors (Lipinski definition) is 2. The normalized spacial score (nSPS) is 20.9. The lowest BCUT2D eigenvalue weighted by atomic mass is 9.97. The average Bonchev–Trinajstić information content (AvgIpc) is 2.34. The summed E-state index contributed by atoms with van der Waals surface area (Å²) in [6.45, 7) is 8.02. The molecule has 2 nitrogen and oxygen atoms in total. The SMILES string of the molecule is C=CCCCCCOCCC1CCCNC1. The van der Waals surface area contributed by atoms with Gasteiger partial charge in [-0.15, -0.1) is 6.58 Å². The first-order valence-corrected chi connectivity index (χ1v) is 6.83. The van der Waals surface area contributed by atoms with Crippen LogP contribution in [0, 0.1) is 5.92 Å². The maximum Gasteiger partial charge on any atom is 0.0469 e. The quantitative estimate of drug-likeness (QED) is 0.481. The van der Waals surface area contributed by atoms with Gasteiger partial charge in [-0.3, -0.25) is 0 Å². The van der Waals surface area contributed by atoms with Crippen LogP contribution < -0.4 is 5.32 Å². The second-order valence-electron chi connectivity index (χ2n) is 4.75. The van der Waals surface area contributed by atoms with E-state index < -0.39 is 0 Å². The van der Waals surface area contributed by atoms with E-state index in [9.17, 15) is 0 Å². The largest absolute Gasteiger partial charge is 0.381 e. The molecule has 1 N–H and O–H groups in total. The van der Waals surface area contributed by atoms with Crippen LogP contribution >= 0.6 is 0 Å². The number of unbranched alkanes of at least 4 members (excludes halogenated alkanes) is 3. The van der Waals surface area contributed by atoms with E-state index in [-0.39, 0.29) is 0 Å². The summed E-state index contributed by atoms with van der Waals surface area (Å²) in [6, 6.07) is 0. The molecular weight excluding hydrogens is 198 g/mol. The third-order valence-corrected chi connectivity index (χ3v) is 3.27. The van der Waals surface area contributed by atoms with Gasteiger partial charge in [0.05, 0.1) is 0 Å². The zero-order valence-corrected chi connectivity index (χ0v) is 10.5. The number of allylic oxidation sites excluding steroid dienone is 1. The number of piperidine rings is 1. The van der Waals surface area contributed by atoms with Gasteiger partial charge in [0.25, 0.3) is 0 Å². The molecule has 0 bridgehead atoms. The van der Waals surface area contributed by atoms with Crippen molar-refractivity contribution in [3.63, 3.8) is 0 Å². The summed E-state index contributed by atoms with van der Waals surface area (Å²) in [4.78, 5) is 0. The summed E-state index contributed by atoms with van der Waals surface area (Å²) in [5.74, 6) is 0.856. The second-order valence-corrected chi connectivity index (χ2v) is 4.75. The maximum atomic E-state index is 5.66. The van der Waals surface area contributed by atoms with Gasteiger partial charge in [-0.2, -0.15) is 0 Å². The standard InChI is InChI=1S/C14H27NO/c1-2-3-4-5-6-11-16-12-9-14-8-7-10-15-13-14/h2,14-15H,1,3-13H2. The van der Waals surface area contributed by atoms with Crippen molar-refractivity contribution in [3.05, 3.63) is 12.7 Å². The Morgan fingerprint density at radius 3 is 2.94 bits per heavy atom. The minimum atomic E-state index is 0.856. The summed E-state index contributed by atoms with van der Waals surface area (Å²) < 4.78 is 5.66. The van der Waals surface area contributed by atoms with Gasteiger partial charge in [-0.1, -0.05) is 12.5 Å². The van der Waals surface area contributed by atoms with E-state index >= 15 is 0 Å². The second kappa shape index (κ2) is 9.86. The topological polar surface area (TPSA) is 21.3 Å². The van der Waals surface area contributed by atoms with Gasteiger partial charge < -0.3 is 10.1 Å². The van der Waals surface area contributed by atoms with Gasteiger partial charge in [-0.25, -0.2) is 0 Å². The van der Waals surface area contributed by atoms with E-state index in [1.165, 1.54) is 51.6 Å². The average molecular weight is 225 g/mol. The molecule has 2 heteroatoms. The molecule has 0 amide bonds. The Bertz CT molecular complexity index is 164. The Kier molecular flexibility index (Phi) is 8.45. The molecule has 0 radical (unpaired) electrons. The molecule has 1 atom stereocenters. The van der Waals surface area contributed by atoms with Crippen molar-refractivity contribution < 1.29 is 4.74 Å². The van der Waals surface area contributed by atoms with Crippen LogP contribution in [-0.2, 0) is 4.74 Å². The van der Waals surface area contributed by atoms with Crippen LogP contribution in [0.25, 0.3) is 0 Å². The molecule has 1 saturated heterocycles. The lowest BCUT2D eigenvalue weighted by Crippen LogP contribution is -2.30. The van der Waals surface area contributed by atoms with Crippen LogP contribution in [0.3, 0.4) is 0 Å².